The first-order chi connectivity index (χ1) is 27.1. The fourth-order valence-corrected chi connectivity index (χ4v) is 6.43. The van der Waals surface area contributed by atoms with Gasteiger partial charge in [0.2, 0.25) is 17.7 Å². The number of hydrogen-bond acceptors (Lipinski definition) is 8. The van der Waals surface area contributed by atoms with Crippen molar-refractivity contribution in [1.29, 1.82) is 0 Å². The van der Waals surface area contributed by atoms with Crippen LogP contribution in [0.4, 0.5) is 4.79 Å². The van der Waals surface area contributed by atoms with E-state index in [0.29, 0.717) is 19.4 Å². The maximum absolute atomic E-state index is 14.3. The molecule has 5 rings (SSSR count). The third-order valence-corrected chi connectivity index (χ3v) is 9.29. The van der Waals surface area contributed by atoms with Crippen LogP contribution in [-0.2, 0) is 45.0 Å². The fourth-order valence-electron chi connectivity index (χ4n) is 6.43. The Hall–Kier alpha value is -6.14. The first-order valence-corrected chi connectivity index (χ1v) is 18.9. The van der Waals surface area contributed by atoms with Crippen LogP contribution >= 0.6 is 0 Å². The Labute approximate surface area is 327 Å². The molecule has 0 spiro atoms. The Balaban J connectivity index is 1.32. The summed E-state index contributed by atoms with van der Waals surface area (Å²) < 4.78 is 5.50. The van der Waals surface area contributed by atoms with E-state index < -0.39 is 42.1 Å². The summed E-state index contributed by atoms with van der Waals surface area (Å²) in [7, 11) is 0. The average Bonchev–Trinajstić information content (AvgIpc) is 3.20. The number of benzene rings is 3. The zero-order valence-corrected chi connectivity index (χ0v) is 31.8. The summed E-state index contributed by atoms with van der Waals surface area (Å²) in [6.45, 7) is 4.26. The molecule has 0 bridgehead atoms. The molecule has 4 amide bonds. The fraction of sp³-hybridized carbons (Fsp3) is 0.318. The van der Waals surface area contributed by atoms with Crippen LogP contribution in [-0.4, -0.2) is 69.7 Å². The summed E-state index contributed by atoms with van der Waals surface area (Å²) in [6.07, 6.45) is 3.77. The summed E-state index contributed by atoms with van der Waals surface area (Å²) in [5.74, 6) is -1.45. The molecule has 4 atom stereocenters. The van der Waals surface area contributed by atoms with Crippen LogP contribution in [0.5, 0.6) is 0 Å². The van der Waals surface area contributed by atoms with Crippen molar-refractivity contribution < 1.29 is 29.0 Å². The van der Waals surface area contributed by atoms with Gasteiger partial charge in [0.05, 0.1) is 18.6 Å². The number of fused-ring (bicyclic) bond motifs is 1. The monoisotopic (exact) mass is 758 g/mol. The van der Waals surface area contributed by atoms with E-state index in [0.717, 1.165) is 33.2 Å². The molecule has 0 aliphatic heterocycles. The number of aliphatic hydroxyl groups excluding tert-OH is 1. The third-order valence-electron chi connectivity index (χ3n) is 9.29. The largest absolute Gasteiger partial charge is 0.445 e. The lowest BCUT2D eigenvalue weighted by Crippen LogP contribution is -2.57. The van der Waals surface area contributed by atoms with Gasteiger partial charge < -0.3 is 31.1 Å². The lowest BCUT2D eigenvalue weighted by atomic mass is 9.95. The minimum Gasteiger partial charge on any atom is -0.445 e. The molecule has 12 heteroatoms. The summed E-state index contributed by atoms with van der Waals surface area (Å²) in [6, 6.07) is 28.7. The molecule has 0 saturated heterocycles. The molecule has 12 nitrogen and oxygen atoms in total. The summed E-state index contributed by atoms with van der Waals surface area (Å²) in [5, 5.41) is 24.5. The van der Waals surface area contributed by atoms with Gasteiger partial charge in [-0.3, -0.25) is 24.4 Å². The maximum Gasteiger partial charge on any atom is 0.408 e. The van der Waals surface area contributed by atoms with Crippen LogP contribution < -0.4 is 21.3 Å². The van der Waals surface area contributed by atoms with Crippen molar-refractivity contribution in [1.82, 2.24) is 31.2 Å². The smallest absolute Gasteiger partial charge is 0.408 e. The van der Waals surface area contributed by atoms with E-state index in [1.807, 2.05) is 105 Å². The van der Waals surface area contributed by atoms with Crippen LogP contribution in [0.1, 0.15) is 49.1 Å². The van der Waals surface area contributed by atoms with Gasteiger partial charge in [-0.05, 0) is 64.1 Å². The number of alkyl carbamates (subject to hydrolysis) is 1. The van der Waals surface area contributed by atoms with Crippen LogP contribution in [0.3, 0.4) is 0 Å². The predicted molar refractivity (Wildman–Crippen MR) is 214 cm³/mol. The molecule has 0 saturated carbocycles. The highest BCUT2D eigenvalue weighted by atomic mass is 16.5. The van der Waals surface area contributed by atoms with Gasteiger partial charge in [-0.15, -0.1) is 0 Å². The quantitative estimate of drug-likeness (QED) is 0.0797. The number of aliphatic hydroxyl groups is 1. The maximum atomic E-state index is 14.3. The number of ether oxygens (including phenoxy) is 1. The van der Waals surface area contributed by atoms with Crippen LogP contribution in [0.2, 0.25) is 0 Å². The normalized spacial score (nSPS) is 13.2. The van der Waals surface area contributed by atoms with Gasteiger partial charge in [-0.25, -0.2) is 4.79 Å². The van der Waals surface area contributed by atoms with E-state index in [2.05, 4.69) is 31.2 Å². The SMILES string of the molecule is CC(C)CC(NC(=O)[C@H](Cc1ccncc1)NC(=O)[C@H](Cc1cccc2ccccc12)NC(=O)OCc1ccccc1)C(O)CC(=O)NCCc1ccccn1. The molecule has 292 valence electrons. The highest BCUT2D eigenvalue weighted by Crippen LogP contribution is 2.20. The number of hydrogen-bond donors (Lipinski definition) is 5. The number of amides is 4. The van der Waals surface area contributed by atoms with Crippen LogP contribution in [0, 0.1) is 5.92 Å². The summed E-state index contributed by atoms with van der Waals surface area (Å²) >= 11 is 0. The second-order valence-corrected chi connectivity index (χ2v) is 14.2. The van der Waals surface area contributed by atoms with Crippen LogP contribution in [0.15, 0.2) is 122 Å². The molecule has 0 aliphatic carbocycles. The Bertz CT molecular complexity index is 2010. The molecule has 0 radical (unpaired) electrons. The lowest BCUT2D eigenvalue weighted by Gasteiger charge is -2.29. The summed E-state index contributed by atoms with van der Waals surface area (Å²) in [4.78, 5) is 62.8. The molecule has 0 aliphatic rings. The van der Waals surface area contributed by atoms with E-state index in [1.165, 1.54) is 0 Å². The van der Waals surface area contributed by atoms with Crippen molar-refractivity contribution in [3.63, 3.8) is 0 Å². The van der Waals surface area contributed by atoms with Crippen molar-refractivity contribution in [3.8, 4) is 0 Å². The van der Waals surface area contributed by atoms with Crippen molar-refractivity contribution >= 4 is 34.6 Å². The van der Waals surface area contributed by atoms with Crippen molar-refractivity contribution in [2.45, 2.75) is 76.8 Å². The Morgan fingerprint density at radius 3 is 2.16 bits per heavy atom. The number of carbonyl (C=O) groups excluding carboxylic acids is 4. The van der Waals surface area contributed by atoms with Gasteiger partial charge in [0.15, 0.2) is 0 Å². The van der Waals surface area contributed by atoms with Crippen LogP contribution in [0.25, 0.3) is 10.8 Å². The molecule has 5 aromatic rings. The molecule has 5 N–H and O–H groups in total. The number of carbonyl (C=O) groups is 4. The molecular formula is C44H50N6O6. The number of aromatic nitrogens is 2. The van der Waals surface area contributed by atoms with E-state index in [9.17, 15) is 24.3 Å². The van der Waals surface area contributed by atoms with Gasteiger partial charge in [0.1, 0.15) is 18.7 Å². The molecule has 0 fully saturated rings. The second-order valence-electron chi connectivity index (χ2n) is 14.2. The molecular weight excluding hydrogens is 709 g/mol. The van der Waals surface area contributed by atoms with Gasteiger partial charge in [0, 0.05) is 50.1 Å². The van der Waals surface area contributed by atoms with Crippen molar-refractivity contribution in [2.24, 2.45) is 5.92 Å². The van der Waals surface area contributed by atoms with E-state index in [-0.39, 0.29) is 37.7 Å². The standard InChI is InChI=1S/C44H50N6O6/c1-30(2)25-37(40(51)28-41(52)47-24-20-35-16-8-9-21-46-35)48-42(53)38(26-31-18-22-45-23-19-31)49-43(54)39(50-44(55)56-29-32-11-4-3-5-12-32)27-34-15-10-14-33-13-6-7-17-36(33)34/h3-19,21-23,30,37-40,51H,20,24-29H2,1-2H3,(H,47,52)(H,48,53)(H,49,54)(H,50,55)/t37?,38-,39-,40?/m0/s1. The zero-order chi connectivity index (χ0) is 39.7. The van der Waals surface area contributed by atoms with Crippen molar-refractivity contribution in [2.75, 3.05) is 6.54 Å². The van der Waals surface area contributed by atoms with Gasteiger partial charge in [0.25, 0.3) is 0 Å². The molecule has 2 unspecified atom stereocenters. The predicted octanol–water partition coefficient (Wildman–Crippen LogP) is 4.84. The van der Waals surface area contributed by atoms with E-state index >= 15 is 0 Å². The number of nitrogens with zero attached hydrogens (tertiary/aromatic N) is 2. The number of nitrogens with one attached hydrogen (secondary N) is 4. The number of pyridine rings is 2. The Kier molecular flexibility index (Phi) is 15.4. The Morgan fingerprint density at radius 2 is 1.41 bits per heavy atom. The zero-order valence-electron chi connectivity index (χ0n) is 31.8. The first kappa shape index (κ1) is 41.0. The first-order valence-electron chi connectivity index (χ1n) is 18.9. The topological polar surface area (TPSA) is 172 Å². The molecule has 2 heterocycles. The highest BCUT2D eigenvalue weighted by Gasteiger charge is 2.31. The second kappa shape index (κ2) is 21.1. The highest BCUT2D eigenvalue weighted by molar-refractivity contribution is 5.93. The van der Waals surface area contributed by atoms with Crippen molar-refractivity contribution in [3.05, 3.63) is 144 Å². The van der Waals surface area contributed by atoms with E-state index in [1.54, 1.807) is 30.7 Å². The molecule has 2 aromatic heterocycles. The average molecular weight is 759 g/mol. The molecule has 3 aromatic carbocycles. The number of rotatable bonds is 19. The van der Waals surface area contributed by atoms with Gasteiger partial charge >= 0.3 is 6.09 Å². The molecule has 56 heavy (non-hydrogen) atoms. The van der Waals surface area contributed by atoms with Gasteiger partial charge in [-0.1, -0.05) is 92.7 Å². The van der Waals surface area contributed by atoms with E-state index in [4.69, 9.17) is 4.74 Å². The summed E-state index contributed by atoms with van der Waals surface area (Å²) in [5.41, 5.74) is 3.17. The lowest BCUT2D eigenvalue weighted by molar-refractivity contribution is -0.131. The minimum absolute atomic E-state index is 0.00414. The Morgan fingerprint density at radius 1 is 0.714 bits per heavy atom. The third kappa shape index (κ3) is 13.0. The van der Waals surface area contributed by atoms with Gasteiger partial charge in [-0.2, -0.15) is 0 Å². The minimum atomic E-state index is -1.20.